The molecule has 4 aromatic rings. The third kappa shape index (κ3) is 3.55. The summed E-state index contributed by atoms with van der Waals surface area (Å²) in [7, 11) is 1.75. The molecule has 0 unspecified atom stereocenters. The van der Waals surface area contributed by atoms with E-state index in [1.54, 1.807) is 23.7 Å². The number of hydrogen-bond acceptors (Lipinski definition) is 9. The highest BCUT2D eigenvalue weighted by molar-refractivity contribution is 7.98. The molecule has 0 aliphatic carbocycles. The van der Waals surface area contributed by atoms with Gasteiger partial charge < -0.3 is 18.5 Å². The summed E-state index contributed by atoms with van der Waals surface area (Å²) < 4.78 is 19.7. The van der Waals surface area contributed by atoms with Crippen molar-refractivity contribution in [3.8, 4) is 23.0 Å². The average Bonchev–Trinajstić information content (AvgIpc) is 3.50. The van der Waals surface area contributed by atoms with Crippen LogP contribution in [0.3, 0.4) is 0 Å². The minimum atomic E-state index is -0.452. The van der Waals surface area contributed by atoms with Gasteiger partial charge in [-0.1, -0.05) is 25.1 Å². The first-order valence-corrected chi connectivity index (χ1v) is 11.1. The number of imidazole rings is 1. The maximum Gasteiger partial charge on any atom is 0.330 e. The minimum absolute atomic E-state index is 0.191. The van der Waals surface area contributed by atoms with Crippen LogP contribution in [0.1, 0.15) is 25.6 Å². The van der Waals surface area contributed by atoms with Crippen LogP contribution in [0.4, 0.5) is 0 Å². The van der Waals surface area contributed by atoms with Crippen molar-refractivity contribution >= 4 is 22.9 Å². The average molecular weight is 456 g/mol. The van der Waals surface area contributed by atoms with Gasteiger partial charge in [0.25, 0.3) is 10.8 Å². The summed E-state index contributed by atoms with van der Waals surface area (Å²) in [6, 6.07) is 5.41. The van der Waals surface area contributed by atoms with Gasteiger partial charge in [0, 0.05) is 19.2 Å². The number of aromatic amines is 1. The number of ether oxygens (including phenoxy) is 2. The van der Waals surface area contributed by atoms with Crippen molar-refractivity contribution in [3.63, 3.8) is 0 Å². The second kappa shape index (κ2) is 8.19. The van der Waals surface area contributed by atoms with Gasteiger partial charge in [-0.3, -0.25) is 14.3 Å². The van der Waals surface area contributed by atoms with Crippen molar-refractivity contribution in [1.29, 1.82) is 0 Å². The van der Waals surface area contributed by atoms with Gasteiger partial charge in [0.1, 0.15) is 5.82 Å². The zero-order valence-electron chi connectivity index (χ0n) is 17.5. The Morgan fingerprint density at radius 2 is 2.03 bits per heavy atom. The molecule has 11 nitrogen and oxygen atoms in total. The number of rotatable bonds is 7. The molecule has 0 atom stereocenters. The van der Waals surface area contributed by atoms with E-state index in [2.05, 4.69) is 20.2 Å². The van der Waals surface area contributed by atoms with E-state index in [1.165, 1.54) is 16.3 Å². The molecule has 0 saturated carbocycles. The van der Waals surface area contributed by atoms with Crippen LogP contribution in [0.5, 0.6) is 11.5 Å². The topological polar surface area (TPSA) is 130 Å². The number of nitrogens with one attached hydrogen (secondary N) is 1. The fourth-order valence-electron chi connectivity index (χ4n) is 3.48. The van der Waals surface area contributed by atoms with E-state index in [9.17, 15) is 9.59 Å². The number of unbranched alkanes of at least 4 members (excludes halogenated alkanes) is 1. The second-order valence-corrected chi connectivity index (χ2v) is 8.18. The molecule has 0 fully saturated rings. The maximum atomic E-state index is 12.4. The number of thioether (sulfide) groups is 1. The van der Waals surface area contributed by atoms with E-state index in [4.69, 9.17) is 13.9 Å². The van der Waals surface area contributed by atoms with E-state index in [0.717, 1.165) is 18.4 Å². The predicted octanol–water partition coefficient (Wildman–Crippen LogP) is 2.29. The molecular weight excluding hydrogens is 436 g/mol. The molecule has 5 rings (SSSR count). The summed E-state index contributed by atoms with van der Waals surface area (Å²) in [6.07, 6.45) is 1.73. The molecule has 166 valence electrons. The smallest absolute Gasteiger partial charge is 0.330 e. The number of H-pyrrole nitrogens is 1. The number of fused-ring (bicyclic) bond motifs is 2. The van der Waals surface area contributed by atoms with E-state index >= 15 is 0 Å². The number of aryl methyl sites for hydroxylation is 2. The lowest BCUT2D eigenvalue weighted by molar-refractivity contribution is 0.174. The lowest BCUT2D eigenvalue weighted by atomic mass is 10.2. The van der Waals surface area contributed by atoms with Gasteiger partial charge in [0.15, 0.2) is 22.7 Å². The van der Waals surface area contributed by atoms with Gasteiger partial charge >= 0.3 is 5.69 Å². The standard InChI is InChI=1S/C20H20N6O5S/c1-3-4-7-26-16-15(17(27)22-19(26)28)25(2)14(21-16)9-32-20-24-23-18(31-20)11-5-6-12-13(8-11)30-10-29-12/h5-6,8H,3-4,7,9-10H2,1-2H3,(H,22,27,28). The Kier molecular flexibility index (Phi) is 5.21. The van der Waals surface area contributed by atoms with Gasteiger partial charge in [-0.15, -0.1) is 10.2 Å². The van der Waals surface area contributed by atoms with Crippen molar-refractivity contribution in [2.24, 2.45) is 7.05 Å². The summed E-state index contributed by atoms with van der Waals surface area (Å²) in [5.41, 5.74) is 0.577. The Labute approximate surface area is 185 Å². The maximum absolute atomic E-state index is 12.4. The van der Waals surface area contributed by atoms with Crippen LogP contribution in [-0.2, 0) is 19.3 Å². The number of nitrogens with zero attached hydrogens (tertiary/aromatic N) is 5. The highest BCUT2D eigenvalue weighted by atomic mass is 32.2. The fraction of sp³-hybridized carbons (Fsp3) is 0.350. The Morgan fingerprint density at radius 3 is 2.88 bits per heavy atom. The zero-order valence-corrected chi connectivity index (χ0v) is 18.3. The summed E-state index contributed by atoms with van der Waals surface area (Å²) in [5.74, 6) is 2.68. The summed E-state index contributed by atoms with van der Waals surface area (Å²) in [5, 5.41) is 8.55. The third-order valence-corrected chi connectivity index (χ3v) is 6.01. The van der Waals surface area contributed by atoms with Crippen LogP contribution < -0.4 is 20.7 Å². The van der Waals surface area contributed by atoms with Crippen molar-refractivity contribution < 1.29 is 13.9 Å². The molecule has 0 radical (unpaired) electrons. The van der Waals surface area contributed by atoms with E-state index in [0.29, 0.717) is 51.9 Å². The number of hydrogen-bond donors (Lipinski definition) is 1. The van der Waals surface area contributed by atoms with Gasteiger partial charge in [-0.2, -0.15) is 0 Å². The fourth-order valence-corrected chi connectivity index (χ4v) is 4.23. The van der Waals surface area contributed by atoms with Crippen LogP contribution in [0, 0.1) is 0 Å². The molecule has 12 heteroatoms. The summed E-state index contributed by atoms with van der Waals surface area (Å²) in [4.78, 5) is 31.6. The largest absolute Gasteiger partial charge is 0.454 e. The monoisotopic (exact) mass is 456 g/mol. The third-order valence-electron chi connectivity index (χ3n) is 5.19. The van der Waals surface area contributed by atoms with Crippen LogP contribution in [0.25, 0.3) is 22.6 Å². The lowest BCUT2D eigenvalue weighted by Crippen LogP contribution is -2.31. The second-order valence-electron chi connectivity index (χ2n) is 7.25. The van der Waals surface area contributed by atoms with Crippen molar-refractivity contribution in [2.45, 2.75) is 37.3 Å². The van der Waals surface area contributed by atoms with Crippen LogP contribution >= 0.6 is 11.8 Å². The Hall–Kier alpha value is -3.54. The molecule has 1 aromatic carbocycles. The Bertz CT molecular complexity index is 1420. The molecule has 0 saturated heterocycles. The van der Waals surface area contributed by atoms with E-state index in [-0.39, 0.29) is 6.79 Å². The molecule has 32 heavy (non-hydrogen) atoms. The highest BCUT2D eigenvalue weighted by Gasteiger charge is 2.19. The molecule has 0 amide bonds. The first-order chi connectivity index (χ1) is 15.5. The highest BCUT2D eigenvalue weighted by Crippen LogP contribution is 2.36. The molecule has 0 bridgehead atoms. The van der Waals surface area contributed by atoms with Crippen LogP contribution in [-0.4, -0.2) is 36.1 Å². The SMILES string of the molecule is CCCCn1c(=O)[nH]c(=O)c2c1nc(CSc1nnc(-c3ccc4c(c3)OCO4)o1)n2C. The molecule has 1 aliphatic rings. The Morgan fingerprint density at radius 1 is 1.19 bits per heavy atom. The Balaban J connectivity index is 1.39. The minimum Gasteiger partial charge on any atom is -0.454 e. The molecule has 3 aromatic heterocycles. The number of aromatic nitrogens is 6. The summed E-state index contributed by atoms with van der Waals surface area (Å²) >= 11 is 1.30. The van der Waals surface area contributed by atoms with Gasteiger partial charge in [-0.05, 0) is 24.6 Å². The van der Waals surface area contributed by atoms with Crippen molar-refractivity contribution in [3.05, 3.63) is 44.9 Å². The molecule has 1 aliphatic heterocycles. The van der Waals surface area contributed by atoms with Gasteiger partial charge in [0.05, 0.1) is 5.75 Å². The van der Waals surface area contributed by atoms with Crippen LogP contribution in [0.2, 0.25) is 0 Å². The predicted molar refractivity (Wildman–Crippen MR) is 116 cm³/mol. The van der Waals surface area contributed by atoms with Gasteiger partial charge in [-0.25, -0.2) is 9.78 Å². The first-order valence-electron chi connectivity index (χ1n) is 10.1. The molecule has 4 heterocycles. The van der Waals surface area contributed by atoms with E-state index < -0.39 is 11.2 Å². The summed E-state index contributed by atoms with van der Waals surface area (Å²) in [6.45, 7) is 2.72. The molecule has 1 N–H and O–H groups in total. The van der Waals surface area contributed by atoms with E-state index in [1.807, 2.05) is 13.0 Å². The molecular formula is C20H20N6O5S. The molecule has 0 spiro atoms. The first kappa shape index (κ1) is 20.4. The lowest BCUT2D eigenvalue weighted by Gasteiger charge is -2.04. The zero-order chi connectivity index (χ0) is 22.2. The quantitative estimate of drug-likeness (QED) is 0.416. The van der Waals surface area contributed by atoms with Gasteiger partial charge in [0.2, 0.25) is 12.7 Å². The normalized spacial score (nSPS) is 12.7. The number of benzene rings is 1. The van der Waals surface area contributed by atoms with Crippen molar-refractivity contribution in [2.75, 3.05) is 6.79 Å². The van der Waals surface area contributed by atoms with Crippen LogP contribution in [0.15, 0.2) is 37.4 Å². The van der Waals surface area contributed by atoms with Crippen molar-refractivity contribution in [1.82, 2.24) is 29.3 Å².